The van der Waals surface area contributed by atoms with Crippen molar-refractivity contribution in [3.8, 4) is 0 Å². The predicted molar refractivity (Wildman–Crippen MR) is 47.9 cm³/mol. The van der Waals surface area contributed by atoms with Gasteiger partial charge in [-0.2, -0.15) is 0 Å². The zero-order valence-corrected chi connectivity index (χ0v) is 7.36. The number of nitrogens with zero attached hydrogens (tertiary/aromatic N) is 1. The van der Waals surface area contributed by atoms with E-state index in [9.17, 15) is 0 Å². The Kier molecular flexibility index (Phi) is 6.61. The lowest BCUT2D eigenvalue weighted by Gasteiger charge is -1.94. The molecule has 0 aliphatic rings. The summed E-state index contributed by atoms with van der Waals surface area (Å²) in [5.41, 5.74) is 1.36. The minimum absolute atomic E-state index is 0.497. The van der Waals surface area contributed by atoms with Gasteiger partial charge in [-0.25, -0.2) is 0 Å². The van der Waals surface area contributed by atoms with Gasteiger partial charge in [0.15, 0.2) is 0 Å². The molecule has 58 valence electrons. The van der Waals surface area contributed by atoms with E-state index in [1.54, 1.807) is 6.21 Å². The Bertz CT molecular complexity index is 121. The lowest BCUT2D eigenvalue weighted by atomic mass is 10.2. The van der Waals surface area contributed by atoms with Crippen molar-refractivity contribution in [1.29, 1.82) is 0 Å². The summed E-state index contributed by atoms with van der Waals surface area (Å²) in [5, 5.41) is 0. The van der Waals surface area contributed by atoms with Gasteiger partial charge in [0.2, 0.25) is 0 Å². The van der Waals surface area contributed by atoms with E-state index in [1.165, 1.54) is 5.57 Å². The Balaban J connectivity index is 3.74. The second-order valence-electron chi connectivity index (χ2n) is 1.98. The zero-order chi connectivity index (χ0) is 7.82. The van der Waals surface area contributed by atoms with Crippen LogP contribution in [0.2, 0.25) is 0 Å². The van der Waals surface area contributed by atoms with E-state index in [0.717, 1.165) is 12.8 Å². The number of alkyl halides is 1. The van der Waals surface area contributed by atoms with Crippen molar-refractivity contribution in [1.82, 2.24) is 0 Å². The van der Waals surface area contributed by atoms with Crippen LogP contribution in [0.5, 0.6) is 0 Å². The first-order chi connectivity index (χ1) is 4.85. The molecule has 0 N–H and O–H groups in total. The van der Waals surface area contributed by atoms with Gasteiger partial charge in [-0.15, -0.1) is 11.6 Å². The Labute approximate surface area is 67.8 Å². The van der Waals surface area contributed by atoms with E-state index in [4.69, 9.17) is 11.6 Å². The van der Waals surface area contributed by atoms with E-state index in [1.807, 2.05) is 6.20 Å². The van der Waals surface area contributed by atoms with Gasteiger partial charge in [-0.3, -0.25) is 4.99 Å². The van der Waals surface area contributed by atoms with Crippen molar-refractivity contribution in [2.75, 3.05) is 5.88 Å². The summed E-state index contributed by atoms with van der Waals surface area (Å²) in [6.07, 6.45) is 5.75. The van der Waals surface area contributed by atoms with Crippen molar-refractivity contribution < 1.29 is 0 Å². The molecule has 0 saturated heterocycles. The molecule has 0 heterocycles. The largest absolute Gasteiger partial charge is 0.268 e. The van der Waals surface area contributed by atoms with E-state index in [2.05, 4.69) is 18.8 Å². The van der Waals surface area contributed by atoms with Gasteiger partial charge in [-0.1, -0.05) is 19.4 Å². The van der Waals surface area contributed by atoms with Crippen LogP contribution in [0.3, 0.4) is 0 Å². The van der Waals surface area contributed by atoms with Gasteiger partial charge in [0, 0.05) is 12.4 Å². The molecule has 0 bridgehead atoms. The first-order valence-electron chi connectivity index (χ1n) is 3.60. The molecule has 0 amide bonds. The summed E-state index contributed by atoms with van der Waals surface area (Å²) < 4.78 is 0. The third kappa shape index (κ3) is 4.57. The first-order valence-corrected chi connectivity index (χ1v) is 4.14. The molecule has 0 radical (unpaired) electrons. The Hall–Kier alpha value is -0.300. The highest BCUT2D eigenvalue weighted by Crippen LogP contribution is 2.04. The fourth-order valence-electron chi connectivity index (χ4n) is 0.631. The maximum Gasteiger partial charge on any atom is 0.0577 e. The van der Waals surface area contributed by atoms with Crippen molar-refractivity contribution in [3.05, 3.63) is 11.8 Å². The summed E-state index contributed by atoms with van der Waals surface area (Å²) in [5.74, 6) is 0.497. The quantitative estimate of drug-likeness (QED) is 0.442. The number of allylic oxidation sites excluding steroid dienone is 1. The molecule has 0 atom stereocenters. The fraction of sp³-hybridized carbons (Fsp3) is 0.625. The van der Waals surface area contributed by atoms with Gasteiger partial charge in [0.1, 0.15) is 0 Å². The van der Waals surface area contributed by atoms with Gasteiger partial charge >= 0.3 is 0 Å². The minimum Gasteiger partial charge on any atom is -0.268 e. The molecule has 10 heavy (non-hydrogen) atoms. The lowest BCUT2D eigenvalue weighted by molar-refractivity contribution is 0.969. The highest BCUT2D eigenvalue weighted by atomic mass is 35.5. The normalized spacial score (nSPS) is 10.3. The van der Waals surface area contributed by atoms with Crippen LogP contribution in [0.1, 0.15) is 26.7 Å². The molecule has 0 saturated carbocycles. The van der Waals surface area contributed by atoms with Gasteiger partial charge in [0.05, 0.1) is 5.88 Å². The van der Waals surface area contributed by atoms with E-state index >= 15 is 0 Å². The molecule has 0 unspecified atom stereocenters. The highest BCUT2D eigenvalue weighted by Gasteiger charge is 1.85. The Morgan fingerprint density at radius 2 is 2.00 bits per heavy atom. The monoisotopic (exact) mass is 159 g/mol. The standard InChI is InChI=1S/C8H14ClN/c1-3-8(4-2)7-10-6-5-9/h6-7H,3-5H2,1-2H3. The first kappa shape index (κ1) is 9.70. The van der Waals surface area contributed by atoms with Gasteiger partial charge in [0.25, 0.3) is 0 Å². The minimum atomic E-state index is 0.497. The van der Waals surface area contributed by atoms with Crippen molar-refractivity contribution in [3.63, 3.8) is 0 Å². The smallest absolute Gasteiger partial charge is 0.0577 e. The SMILES string of the molecule is CCC(=CN=CCCl)CC. The third-order valence-electron chi connectivity index (χ3n) is 1.34. The van der Waals surface area contributed by atoms with Crippen molar-refractivity contribution in [2.24, 2.45) is 4.99 Å². The average Bonchev–Trinajstić information content (AvgIpc) is 1.99. The molecule has 0 aromatic carbocycles. The van der Waals surface area contributed by atoms with E-state index in [-0.39, 0.29) is 0 Å². The van der Waals surface area contributed by atoms with Crippen LogP contribution >= 0.6 is 11.6 Å². The number of hydrogen-bond acceptors (Lipinski definition) is 1. The molecule has 0 aliphatic heterocycles. The number of aliphatic imine (C=N–C) groups is 1. The van der Waals surface area contributed by atoms with Crippen LogP contribution in [0.4, 0.5) is 0 Å². The van der Waals surface area contributed by atoms with Crippen LogP contribution in [-0.2, 0) is 0 Å². The molecular formula is C8H14ClN. The molecule has 1 nitrogen and oxygen atoms in total. The van der Waals surface area contributed by atoms with Crippen LogP contribution in [0.15, 0.2) is 16.8 Å². The van der Waals surface area contributed by atoms with Crippen molar-refractivity contribution in [2.45, 2.75) is 26.7 Å². The Morgan fingerprint density at radius 1 is 1.40 bits per heavy atom. The lowest BCUT2D eigenvalue weighted by Crippen LogP contribution is -1.76. The maximum absolute atomic E-state index is 5.39. The van der Waals surface area contributed by atoms with E-state index in [0.29, 0.717) is 5.88 Å². The summed E-state index contributed by atoms with van der Waals surface area (Å²) in [6.45, 7) is 4.26. The van der Waals surface area contributed by atoms with Crippen LogP contribution < -0.4 is 0 Å². The second-order valence-corrected chi connectivity index (χ2v) is 2.29. The molecular weight excluding hydrogens is 146 g/mol. The number of hydrogen-bond donors (Lipinski definition) is 0. The number of halogens is 1. The van der Waals surface area contributed by atoms with Crippen molar-refractivity contribution >= 4 is 17.8 Å². The predicted octanol–water partition coefficient (Wildman–Crippen LogP) is 3.00. The summed E-state index contributed by atoms with van der Waals surface area (Å²) in [7, 11) is 0. The summed E-state index contributed by atoms with van der Waals surface area (Å²) in [4.78, 5) is 4.01. The van der Waals surface area contributed by atoms with Crippen LogP contribution in [-0.4, -0.2) is 12.1 Å². The molecule has 0 aromatic heterocycles. The third-order valence-corrected chi connectivity index (χ3v) is 1.48. The maximum atomic E-state index is 5.39. The van der Waals surface area contributed by atoms with E-state index < -0.39 is 0 Å². The zero-order valence-electron chi connectivity index (χ0n) is 6.60. The second kappa shape index (κ2) is 6.81. The van der Waals surface area contributed by atoms with Crippen LogP contribution in [0, 0.1) is 0 Å². The van der Waals surface area contributed by atoms with Gasteiger partial charge in [-0.05, 0) is 12.8 Å². The van der Waals surface area contributed by atoms with Gasteiger partial charge < -0.3 is 0 Å². The molecule has 0 rings (SSSR count). The molecule has 0 fully saturated rings. The number of rotatable bonds is 4. The average molecular weight is 160 g/mol. The summed E-state index contributed by atoms with van der Waals surface area (Å²) >= 11 is 5.39. The fourth-order valence-corrected chi connectivity index (χ4v) is 0.710. The van der Waals surface area contributed by atoms with Crippen LogP contribution in [0.25, 0.3) is 0 Å². The molecule has 0 aromatic rings. The molecule has 0 spiro atoms. The molecule has 2 heteroatoms. The Morgan fingerprint density at radius 3 is 2.40 bits per heavy atom. The molecule has 0 aliphatic carbocycles. The highest BCUT2D eigenvalue weighted by molar-refractivity contribution is 6.24. The topological polar surface area (TPSA) is 12.4 Å². The summed E-state index contributed by atoms with van der Waals surface area (Å²) in [6, 6.07) is 0.